The summed E-state index contributed by atoms with van der Waals surface area (Å²) < 4.78 is 11.1. The lowest BCUT2D eigenvalue weighted by molar-refractivity contribution is -0.121. The van der Waals surface area contributed by atoms with Gasteiger partial charge in [-0.1, -0.05) is 24.3 Å². The lowest BCUT2D eigenvalue weighted by Crippen LogP contribution is -2.41. The third-order valence-corrected chi connectivity index (χ3v) is 5.27. The van der Waals surface area contributed by atoms with E-state index in [9.17, 15) is 4.79 Å². The Morgan fingerprint density at radius 2 is 1.93 bits per heavy atom. The van der Waals surface area contributed by atoms with E-state index in [2.05, 4.69) is 10.6 Å². The van der Waals surface area contributed by atoms with Crippen LogP contribution in [0.3, 0.4) is 0 Å². The van der Waals surface area contributed by atoms with Gasteiger partial charge < -0.3 is 20.1 Å². The van der Waals surface area contributed by atoms with E-state index in [0.717, 1.165) is 29.4 Å². The van der Waals surface area contributed by atoms with Gasteiger partial charge >= 0.3 is 0 Å². The average Bonchev–Trinajstić information content (AvgIpc) is 2.69. The summed E-state index contributed by atoms with van der Waals surface area (Å²) in [6, 6.07) is 15.5. The van der Waals surface area contributed by atoms with Gasteiger partial charge in [-0.05, 0) is 29.8 Å². The topological polar surface area (TPSA) is 59.6 Å². The van der Waals surface area contributed by atoms with Crippen LogP contribution in [0.2, 0.25) is 0 Å². The molecule has 2 aromatic carbocycles. The maximum absolute atomic E-state index is 12.1. The zero-order chi connectivity index (χ0) is 18.2. The first-order valence-corrected chi connectivity index (χ1v) is 9.87. The van der Waals surface area contributed by atoms with Crippen LogP contribution in [-0.2, 0) is 11.3 Å². The summed E-state index contributed by atoms with van der Waals surface area (Å²) in [6.07, 6.45) is 0.530. The number of benzene rings is 2. The zero-order valence-electron chi connectivity index (χ0n) is 15.3. The minimum absolute atomic E-state index is 0. The molecule has 2 N–H and O–H groups in total. The number of carbonyl (C=O) groups excluding carboxylic acids is 1. The molecule has 1 fully saturated rings. The highest BCUT2D eigenvalue weighted by Crippen LogP contribution is 2.30. The molecule has 146 valence electrons. The fourth-order valence-electron chi connectivity index (χ4n) is 2.75. The van der Waals surface area contributed by atoms with Gasteiger partial charge in [-0.2, -0.15) is 11.8 Å². The number of amides is 1. The number of carbonyl (C=O) groups is 1. The molecule has 7 heteroatoms. The maximum atomic E-state index is 12.1. The van der Waals surface area contributed by atoms with Crippen molar-refractivity contribution in [2.75, 3.05) is 25.2 Å². The molecule has 0 bridgehead atoms. The molecule has 1 heterocycles. The first-order valence-electron chi connectivity index (χ1n) is 8.72. The second kappa shape index (κ2) is 11.1. The second-order valence-electron chi connectivity index (χ2n) is 6.10. The molecule has 2 aromatic rings. The summed E-state index contributed by atoms with van der Waals surface area (Å²) >= 11 is 1.90. The lowest BCUT2D eigenvalue weighted by atomic mass is 10.2. The normalized spacial score (nSPS) is 16.1. The van der Waals surface area contributed by atoms with Crippen molar-refractivity contribution < 1.29 is 14.3 Å². The summed E-state index contributed by atoms with van der Waals surface area (Å²) in [7, 11) is 1.62. The molecule has 0 aromatic heterocycles. The molecule has 3 rings (SSSR count). The lowest BCUT2D eigenvalue weighted by Gasteiger charge is -2.22. The molecular formula is C20H25ClN2O3S. The van der Waals surface area contributed by atoms with Gasteiger partial charge in [-0.15, -0.1) is 12.4 Å². The monoisotopic (exact) mass is 408 g/mol. The Labute approximate surface area is 170 Å². The van der Waals surface area contributed by atoms with Gasteiger partial charge in [0.1, 0.15) is 5.75 Å². The fourth-order valence-corrected chi connectivity index (χ4v) is 3.70. The first kappa shape index (κ1) is 21.4. The minimum atomic E-state index is 0. The fraction of sp³-hybridized carbons (Fsp3) is 0.350. The molecule has 1 saturated heterocycles. The molecule has 1 atom stereocenters. The highest BCUT2D eigenvalue weighted by molar-refractivity contribution is 7.99. The van der Waals surface area contributed by atoms with Gasteiger partial charge in [0.05, 0.1) is 7.11 Å². The zero-order valence-corrected chi connectivity index (χ0v) is 16.9. The van der Waals surface area contributed by atoms with Crippen molar-refractivity contribution in [1.29, 1.82) is 0 Å². The van der Waals surface area contributed by atoms with Crippen LogP contribution in [0.1, 0.15) is 12.0 Å². The van der Waals surface area contributed by atoms with Gasteiger partial charge in [-0.25, -0.2) is 0 Å². The summed E-state index contributed by atoms with van der Waals surface area (Å²) in [5.74, 6) is 4.31. The molecule has 1 aliphatic heterocycles. The van der Waals surface area contributed by atoms with E-state index >= 15 is 0 Å². The average molecular weight is 409 g/mol. The molecular weight excluding hydrogens is 384 g/mol. The molecule has 0 saturated carbocycles. The van der Waals surface area contributed by atoms with Crippen molar-refractivity contribution in [1.82, 2.24) is 10.6 Å². The quantitative estimate of drug-likeness (QED) is 0.732. The molecule has 0 radical (unpaired) electrons. The Balaban J connectivity index is 0.00000261. The highest BCUT2D eigenvalue weighted by Gasteiger charge is 2.16. The Kier molecular flexibility index (Phi) is 8.78. The van der Waals surface area contributed by atoms with Gasteiger partial charge in [0.25, 0.3) is 0 Å². The number of rotatable bonds is 7. The molecule has 0 aliphatic carbocycles. The third-order valence-electron chi connectivity index (χ3n) is 4.14. The number of methoxy groups -OCH3 is 1. The van der Waals surface area contributed by atoms with Crippen molar-refractivity contribution >= 4 is 30.1 Å². The van der Waals surface area contributed by atoms with Crippen molar-refractivity contribution in [2.24, 2.45) is 0 Å². The molecule has 5 nitrogen and oxygen atoms in total. The number of hydrogen-bond acceptors (Lipinski definition) is 5. The van der Waals surface area contributed by atoms with Crippen LogP contribution in [0, 0.1) is 0 Å². The predicted octanol–water partition coefficient (Wildman–Crippen LogP) is 3.62. The minimum Gasteiger partial charge on any atom is -0.493 e. The Morgan fingerprint density at radius 1 is 1.19 bits per heavy atom. The van der Waals surface area contributed by atoms with E-state index in [4.69, 9.17) is 9.47 Å². The SMILES string of the molecule is COc1ccccc1Oc1ccc(CNC(=O)CC2CSCCN2)cc1.Cl. The summed E-state index contributed by atoms with van der Waals surface area (Å²) in [4.78, 5) is 12.1. The van der Waals surface area contributed by atoms with Crippen LogP contribution >= 0.6 is 24.2 Å². The Hall–Kier alpha value is -1.89. The smallest absolute Gasteiger partial charge is 0.221 e. The van der Waals surface area contributed by atoms with Crippen molar-refractivity contribution in [3.8, 4) is 17.2 Å². The molecule has 0 spiro atoms. The van der Waals surface area contributed by atoms with Gasteiger partial charge in [0.2, 0.25) is 5.91 Å². The Morgan fingerprint density at radius 3 is 2.59 bits per heavy atom. The van der Waals surface area contributed by atoms with Crippen LogP contribution in [0.25, 0.3) is 0 Å². The number of para-hydroxylation sites is 2. The standard InChI is InChI=1S/C20H24N2O3S.ClH/c1-24-18-4-2-3-5-19(18)25-17-8-6-15(7-9-17)13-22-20(23)12-16-14-26-11-10-21-16;/h2-9,16,21H,10-14H2,1H3,(H,22,23);1H. The molecule has 27 heavy (non-hydrogen) atoms. The number of ether oxygens (including phenoxy) is 2. The number of halogens is 1. The van der Waals surface area contributed by atoms with Crippen LogP contribution in [0.15, 0.2) is 48.5 Å². The van der Waals surface area contributed by atoms with Gasteiger partial charge in [-0.3, -0.25) is 4.79 Å². The van der Waals surface area contributed by atoms with Crippen molar-refractivity contribution in [3.63, 3.8) is 0 Å². The van der Waals surface area contributed by atoms with Crippen molar-refractivity contribution in [2.45, 2.75) is 19.0 Å². The number of nitrogens with one attached hydrogen (secondary N) is 2. The number of thioether (sulfide) groups is 1. The second-order valence-corrected chi connectivity index (χ2v) is 7.25. The van der Waals surface area contributed by atoms with Gasteiger partial charge in [0, 0.05) is 37.1 Å². The van der Waals surface area contributed by atoms with E-state index < -0.39 is 0 Å². The molecule has 1 aliphatic rings. The maximum Gasteiger partial charge on any atom is 0.221 e. The molecule has 1 unspecified atom stereocenters. The van der Waals surface area contributed by atoms with Crippen LogP contribution in [-0.4, -0.2) is 37.1 Å². The molecule has 1 amide bonds. The summed E-state index contributed by atoms with van der Waals surface area (Å²) in [5.41, 5.74) is 1.04. The van der Waals surface area contributed by atoms with Crippen molar-refractivity contribution in [3.05, 3.63) is 54.1 Å². The van der Waals surface area contributed by atoms with Crippen LogP contribution in [0.5, 0.6) is 17.2 Å². The van der Waals surface area contributed by atoms with E-state index in [1.54, 1.807) is 7.11 Å². The van der Waals surface area contributed by atoms with E-state index in [1.165, 1.54) is 0 Å². The van der Waals surface area contributed by atoms with E-state index in [0.29, 0.717) is 24.5 Å². The number of hydrogen-bond donors (Lipinski definition) is 2. The summed E-state index contributed by atoms with van der Waals surface area (Å²) in [6.45, 7) is 1.50. The van der Waals surface area contributed by atoms with Gasteiger partial charge in [0.15, 0.2) is 11.5 Å². The summed E-state index contributed by atoms with van der Waals surface area (Å²) in [5, 5.41) is 6.36. The largest absolute Gasteiger partial charge is 0.493 e. The highest BCUT2D eigenvalue weighted by atomic mass is 35.5. The van der Waals surface area contributed by atoms with E-state index in [-0.39, 0.29) is 24.4 Å². The third kappa shape index (κ3) is 6.65. The Bertz CT molecular complexity index is 721. The van der Waals surface area contributed by atoms with Crippen LogP contribution in [0.4, 0.5) is 0 Å². The predicted molar refractivity (Wildman–Crippen MR) is 112 cm³/mol. The van der Waals surface area contributed by atoms with Crippen LogP contribution < -0.4 is 20.1 Å². The van der Waals surface area contributed by atoms with E-state index in [1.807, 2.05) is 60.3 Å². The first-order chi connectivity index (χ1) is 12.7.